The molecule has 0 aliphatic rings. The highest BCUT2D eigenvalue weighted by atomic mass is 32.2. The SMILES string of the molecule is CN(C)c1cccc2c(S(=N)(=N)NCCO)cccc12. The fourth-order valence-corrected chi connectivity index (χ4v) is 3.54. The third-order valence-electron chi connectivity index (χ3n) is 3.10. The topological polar surface area (TPSA) is 83.2 Å². The number of aliphatic hydroxyl groups is 1. The van der Waals surface area contributed by atoms with Gasteiger partial charge in [-0.3, -0.25) is 9.56 Å². The summed E-state index contributed by atoms with van der Waals surface area (Å²) in [6.45, 7) is 0.187. The van der Waals surface area contributed by atoms with E-state index in [1.807, 2.05) is 55.4 Å². The molecule has 2 aromatic carbocycles. The van der Waals surface area contributed by atoms with E-state index in [0.29, 0.717) is 4.90 Å². The van der Waals surface area contributed by atoms with E-state index in [1.165, 1.54) is 0 Å². The lowest BCUT2D eigenvalue weighted by Gasteiger charge is -2.19. The van der Waals surface area contributed by atoms with E-state index in [9.17, 15) is 0 Å². The van der Waals surface area contributed by atoms with Gasteiger partial charge in [-0.25, -0.2) is 4.72 Å². The molecule has 5 nitrogen and oxygen atoms in total. The number of nitrogens with one attached hydrogen (secondary N) is 3. The monoisotopic (exact) mass is 292 g/mol. The average molecular weight is 292 g/mol. The van der Waals surface area contributed by atoms with Gasteiger partial charge in [0.1, 0.15) is 0 Å². The molecule has 0 spiro atoms. The molecule has 2 rings (SSSR count). The Labute approximate surface area is 119 Å². The Morgan fingerprint density at radius 2 is 1.75 bits per heavy atom. The van der Waals surface area contributed by atoms with Gasteiger partial charge in [0.2, 0.25) is 0 Å². The summed E-state index contributed by atoms with van der Waals surface area (Å²) in [5.41, 5.74) is 1.07. The summed E-state index contributed by atoms with van der Waals surface area (Å²) in [7, 11) is 1.34. The summed E-state index contributed by atoms with van der Waals surface area (Å²) in [5.74, 6) is 0. The number of fused-ring (bicyclic) bond motifs is 1. The first-order chi connectivity index (χ1) is 9.47. The quantitative estimate of drug-likeness (QED) is 0.683. The Bertz CT molecular complexity index is 710. The minimum atomic E-state index is -2.62. The molecule has 0 heterocycles. The van der Waals surface area contributed by atoms with Crippen molar-refractivity contribution in [3.05, 3.63) is 36.4 Å². The number of hydrogen-bond donors (Lipinski definition) is 4. The second-order valence-corrected chi connectivity index (χ2v) is 6.71. The van der Waals surface area contributed by atoms with Crippen LogP contribution in [0.5, 0.6) is 0 Å². The molecule has 4 N–H and O–H groups in total. The van der Waals surface area contributed by atoms with Gasteiger partial charge in [0, 0.05) is 51.8 Å². The maximum Gasteiger partial charge on any atom is 0.0566 e. The molecule has 6 heteroatoms. The number of hydrogen-bond acceptors (Lipinski definition) is 4. The zero-order chi connectivity index (χ0) is 14.8. The summed E-state index contributed by atoms with van der Waals surface area (Å²) in [6.07, 6.45) is 0. The van der Waals surface area contributed by atoms with E-state index < -0.39 is 9.81 Å². The van der Waals surface area contributed by atoms with Gasteiger partial charge in [-0.1, -0.05) is 24.3 Å². The van der Waals surface area contributed by atoms with Crippen LogP contribution in [0.2, 0.25) is 0 Å². The van der Waals surface area contributed by atoms with Crippen LogP contribution in [0.25, 0.3) is 10.8 Å². The fourth-order valence-electron chi connectivity index (χ4n) is 2.20. The van der Waals surface area contributed by atoms with Gasteiger partial charge in [-0.05, 0) is 12.1 Å². The zero-order valence-corrected chi connectivity index (χ0v) is 12.5. The molecule has 0 unspecified atom stereocenters. The van der Waals surface area contributed by atoms with Crippen molar-refractivity contribution in [3.8, 4) is 0 Å². The van der Waals surface area contributed by atoms with Crippen LogP contribution >= 0.6 is 0 Å². The molecule has 0 bridgehead atoms. The molecule has 0 radical (unpaired) electrons. The summed E-state index contributed by atoms with van der Waals surface area (Å²) in [5, 5.41) is 10.8. The van der Waals surface area contributed by atoms with Gasteiger partial charge in [0.05, 0.1) is 6.61 Å². The third kappa shape index (κ3) is 2.77. The van der Waals surface area contributed by atoms with Crippen molar-refractivity contribution >= 4 is 26.3 Å². The molecule has 0 amide bonds. The van der Waals surface area contributed by atoms with Gasteiger partial charge >= 0.3 is 0 Å². The van der Waals surface area contributed by atoms with Crippen LogP contribution in [-0.4, -0.2) is 32.4 Å². The minimum absolute atomic E-state index is 0.0692. The summed E-state index contributed by atoms with van der Waals surface area (Å²) < 4.78 is 19.3. The Balaban J connectivity index is 2.64. The highest BCUT2D eigenvalue weighted by Gasteiger charge is 2.12. The Morgan fingerprint density at radius 1 is 1.10 bits per heavy atom. The lowest BCUT2D eigenvalue weighted by Crippen LogP contribution is -2.24. The van der Waals surface area contributed by atoms with Crippen molar-refractivity contribution in [2.45, 2.75) is 4.90 Å². The van der Waals surface area contributed by atoms with Crippen molar-refractivity contribution in [1.82, 2.24) is 4.72 Å². The molecule has 0 fully saturated rings. The largest absolute Gasteiger partial charge is 0.395 e. The van der Waals surface area contributed by atoms with E-state index in [0.717, 1.165) is 16.5 Å². The first-order valence-corrected chi connectivity index (χ1v) is 7.98. The first kappa shape index (κ1) is 14.8. The highest BCUT2D eigenvalue weighted by Crippen LogP contribution is 2.30. The summed E-state index contributed by atoms with van der Waals surface area (Å²) in [6, 6.07) is 11.6. The summed E-state index contributed by atoms with van der Waals surface area (Å²) >= 11 is 0. The molecule has 0 aliphatic heterocycles. The predicted octanol–water partition coefficient (Wildman–Crippen LogP) is 2.44. The zero-order valence-electron chi connectivity index (χ0n) is 11.7. The molecule has 108 valence electrons. The summed E-state index contributed by atoms with van der Waals surface area (Å²) in [4.78, 5) is 2.70. The van der Waals surface area contributed by atoms with E-state index >= 15 is 0 Å². The van der Waals surface area contributed by atoms with Gasteiger partial charge in [-0.15, -0.1) is 0 Å². The Kier molecular flexibility index (Phi) is 4.27. The lowest BCUT2D eigenvalue weighted by molar-refractivity contribution is 0.302. The Hall–Kier alpha value is -1.63. The van der Waals surface area contributed by atoms with Crippen molar-refractivity contribution in [2.75, 3.05) is 32.1 Å². The third-order valence-corrected chi connectivity index (χ3v) is 4.75. The van der Waals surface area contributed by atoms with Gasteiger partial charge in [-0.2, -0.15) is 0 Å². The minimum Gasteiger partial charge on any atom is -0.395 e. The smallest absolute Gasteiger partial charge is 0.0566 e. The second-order valence-electron chi connectivity index (χ2n) is 4.75. The maximum atomic E-state index is 8.88. The average Bonchev–Trinajstić information content (AvgIpc) is 2.43. The second kappa shape index (κ2) is 5.78. The molecule has 0 atom stereocenters. The van der Waals surface area contributed by atoms with E-state index in [4.69, 9.17) is 14.7 Å². The molecular formula is C14H20N4OS. The lowest BCUT2D eigenvalue weighted by atomic mass is 10.1. The van der Waals surface area contributed by atoms with Crippen LogP contribution in [-0.2, 0) is 9.81 Å². The number of rotatable bonds is 5. The normalized spacial score (nSPS) is 11.8. The van der Waals surface area contributed by atoms with Gasteiger partial charge in [0.25, 0.3) is 0 Å². The van der Waals surface area contributed by atoms with Crippen LogP contribution in [0.3, 0.4) is 0 Å². The van der Waals surface area contributed by atoms with Gasteiger partial charge in [0.15, 0.2) is 0 Å². The van der Waals surface area contributed by atoms with Crippen molar-refractivity contribution in [2.24, 2.45) is 0 Å². The van der Waals surface area contributed by atoms with Crippen LogP contribution in [0.4, 0.5) is 5.69 Å². The van der Waals surface area contributed by atoms with Crippen molar-refractivity contribution in [1.29, 1.82) is 9.56 Å². The van der Waals surface area contributed by atoms with E-state index in [2.05, 4.69) is 4.72 Å². The Morgan fingerprint density at radius 3 is 2.40 bits per heavy atom. The van der Waals surface area contributed by atoms with Crippen molar-refractivity contribution < 1.29 is 5.11 Å². The van der Waals surface area contributed by atoms with Crippen LogP contribution in [0.15, 0.2) is 41.3 Å². The van der Waals surface area contributed by atoms with Crippen LogP contribution in [0.1, 0.15) is 0 Å². The van der Waals surface area contributed by atoms with Gasteiger partial charge < -0.3 is 10.0 Å². The first-order valence-electron chi connectivity index (χ1n) is 6.34. The molecule has 20 heavy (non-hydrogen) atoms. The molecule has 0 aliphatic carbocycles. The fraction of sp³-hybridized carbons (Fsp3) is 0.286. The molecule has 0 aromatic heterocycles. The van der Waals surface area contributed by atoms with Crippen LogP contribution in [0, 0.1) is 9.56 Å². The van der Waals surface area contributed by atoms with E-state index in [-0.39, 0.29) is 13.2 Å². The number of anilines is 1. The predicted molar refractivity (Wildman–Crippen MR) is 84.4 cm³/mol. The maximum absolute atomic E-state index is 8.88. The highest BCUT2D eigenvalue weighted by molar-refractivity contribution is 7.91. The van der Waals surface area contributed by atoms with Crippen LogP contribution < -0.4 is 9.62 Å². The number of aliphatic hydroxyl groups excluding tert-OH is 1. The molecule has 2 aromatic rings. The molecular weight excluding hydrogens is 272 g/mol. The molecule has 0 saturated carbocycles. The standard InChI is InChI=1S/C14H20N4OS/c1-18(2)13-7-3-6-12-11(13)5-4-8-14(12)20(15,16)17-9-10-19/h3-8,19H,9-10H2,1-2H3,(H3,15,16,17). The number of nitrogens with zero attached hydrogens (tertiary/aromatic N) is 1. The van der Waals surface area contributed by atoms with Crippen molar-refractivity contribution in [3.63, 3.8) is 0 Å². The van der Waals surface area contributed by atoms with E-state index in [1.54, 1.807) is 0 Å². The number of benzene rings is 2. The molecule has 0 saturated heterocycles.